The number of carbonyl (C=O) groups excluding carboxylic acids is 1. The van der Waals surface area contributed by atoms with E-state index in [0.29, 0.717) is 25.9 Å². The van der Waals surface area contributed by atoms with Gasteiger partial charge in [-0.25, -0.2) is 8.42 Å². The van der Waals surface area contributed by atoms with E-state index in [-0.39, 0.29) is 28.7 Å². The van der Waals surface area contributed by atoms with Crippen LogP contribution in [0.4, 0.5) is 0 Å². The lowest BCUT2D eigenvalue weighted by Crippen LogP contribution is -2.44. The first kappa shape index (κ1) is 22.4. The second kappa shape index (κ2) is 9.71. The van der Waals surface area contributed by atoms with Crippen LogP contribution in [0.25, 0.3) is 0 Å². The van der Waals surface area contributed by atoms with E-state index >= 15 is 0 Å². The number of benzene rings is 1. The normalized spacial score (nSPS) is 17.1. The van der Waals surface area contributed by atoms with Gasteiger partial charge in [0.2, 0.25) is 15.9 Å². The zero-order valence-corrected chi connectivity index (χ0v) is 18.7. The summed E-state index contributed by atoms with van der Waals surface area (Å²) in [5.41, 5.74) is 2.38. The van der Waals surface area contributed by atoms with Gasteiger partial charge >= 0.3 is 0 Å². The lowest BCUT2D eigenvalue weighted by Gasteiger charge is -2.32. The van der Waals surface area contributed by atoms with Crippen molar-refractivity contribution in [2.75, 3.05) is 13.1 Å². The minimum Gasteiger partial charge on any atom is -0.349 e. The van der Waals surface area contributed by atoms with Gasteiger partial charge in [0.05, 0.1) is 6.04 Å². The fourth-order valence-electron chi connectivity index (χ4n) is 3.87. The molecule has 162 valence electrons. The van der Waals surface area contributed by atoms with Gasteiger partial charge in [0.25, 0.3) is 0 Å². The van der Waals surface area contributed by atoms with Crippen LogP contribution >= 0.6 is 0 Å². The van der Waals surface area contributed by atoms with Crippen LogP contribution in [-0.4, -0.2) is 36.7 Å². The molecule has 1 aromatic carbocycles. The van der Waals surface area contributed by atoms with Crippen LogP contribution < -0.4 is 5.32 Å². The maximum absolute atomic E-state index is 12.9. The Morgan fingerprint density at radius 1 is 1.17 bits per heavy atom. The Morgan fingerprint density at radius 3 is 2.37 bits per heavy atom. The Labute approximate surface area is 179 Å². The fourth-order valence-corrected chi connectivity index (χ4v) is 5.31. The number of aromatic nitrogens is 1. The summed E-state index contributed by atoms with van der Waals surface area (Å²) in [5.74, 6) is 0.0840. The number of amides is 1. The largest absolute Gasteiger partial charge is 0.349 e. The molecule has 0 radical (unpaired) electrons. The van der Waals surface area contributed by atoms with Crippen molar-refractivity contribution in [1.82, 2.24) is 14.6 Å². The van der Waals surface area contributed by atoms with Crippen molar-refractivity contribution < 1.29 is 13.2 Å². The highest BCUT2D eigenvalue weighted by atomic mass is 32.2. The van der Waals surface area contributed by atoms with Crippen LogP contribution in [0.15, 0.2) is 53.7 Å². The number of piperidine rings is 1. The van der Waals surface area contributed by atoms with E-state index in [1.807, 2.05) is 0 Å². The van der Waals surface area contributed by atoms with Crippen molar-refractivity contribution in [3.8, 4) is 0 Å². The maximum Gasteiger partial charge on any atom is 0.244 e. The Bertz CT molecular complexity index is 935. The van der Waals surface area contributed by atoms with Gasteiger partial charge < -0.3 is 5.32 Å². The van der Waals surface area contributed by atoms with Crippen LogP contribution in [0.5, 0.6) is 0 Å². The van der Waals surface area contributed by atoms with Crippen LogP contribution in [0, 0.1) is 11.8 Å². The molecule has 1 amide bonds. The number of nitrogens with one attached hydrogen (secondary N) is 1. The number of rotatable bonds is 7. The van der Waals surface area contributed by atoms with E-state index in [0.717, 1.165) is 12.0 Å². The second-order valence-electron chi connectivity index (χ2n) is 8.19. The van der Waals surface area contributed by atoms with Crippen molar-refractivity contribution in [3.05, 3.63) is 59.9 Å². The summed E-state index contributed by atoms with van der Waals surface area (Å²) in [4.78, 5) is 17.1. The van der Waals surface area contributed by atoms with Gasteiger partial charge in [0.15, 0.2) is 0 Å². The van der Waals surface area contributed by atoms with Gasteiger partial charge in [-0.05, 0) is 48.4 Å². The predicted octanol–water partition coefficient (Wildman–Crippen LogP) is 3.56. The molecule has 1 aliphatic heterocycles. The first-order chi connectivity index (χ1) is 14.3. The van der Waals surface area contributed by atoms with Crippen molar-refractivity contribution in [2.45, 2.75) is 51.0 Å². The van der Waals surface area contributed by atoms with Gasteiger partial charge in [-0.1, -0.05) is 45.0 Å². The molecule has 2 heterocycles. The van der Waals surface area contributed by atoms with Gasteiger partial charge in [0.1, 0.15) is 4.90 Å². The third-order valence-corrected chi connectivity index (χ3v) is 7.69. The molecule has 0 aliphatic carbocycles. The molecule has 7 heteroatoms. The monoisotopic (exact) mass is 429 g/mol. The molecular formula is C23H31N3O3S. The Balaban J connectivity index is 1.62. The van der Waals surface area contributed by atoms with E-state index < -0.39 is 10.0 Å². The zero-order chi connectivity index (χ0) is 21.7. The first-order valence-electron chi connectivity index (χ1n) is 10.6. The highest BCUT2D eigenvalue weighted by Gasteiger charge is 2.33. The lowest BCUT2D eigenvalue weighted by atomic mass is 9.92. The number of aryl methyl sites for hydroxylation is 1. The molecule has 0 bridgehead atoms. The van der Waals surface area contributed by atoms with E-state index in [1.54, 1.807) is 18.3 Å². The van der Waals surface area contributed by atoms with Crippen LogP contribution in [0.1, 0.15) is 50.8 Å². The van der Waals surface area contributed by atoms with Crippen molar-refractivity contribution in [2.24, 2.45) is 11.8 Å². The Morgan fingerprint density at radius 2 is 1.83 bits per heavy atom. The Kier molecular flexibility index (Phi) is 7.26. The molecule has 1 aromatic heterocycles. The number of sulfonamides is 1. The molecule has 1 atom stereocenters. The van der Waals surface area contributed by atoms with Gasteiger partial charge in [0, 0.05) is 31.4 Å². The lowest BCUT2D eigenvalue weighted by molar-refractivity contribution is -0.127. The van der Waals surface area contributed by atoms with Crippen LogP contribution in [0.3, 0.4) is 0 Å². The molecule has 1 fully saturated rings. The third-order valence-electron chi connectivity index (χ3n) is 5.81. The molecule has 1 unspecified atom stereocenters. The number of hydrogen-bond acceptors (Lipinski definition) is 4. The predicted molar refractivity (Wildman–Crippen MR) is 117 cm³/mol. The molecule has 2 aromatic rings. The molecule has 1 aliphatic rings. The SMILES string of the molecule is CCc1ccc(C(NC(=O)C2CCN(S(=O)(=O)c3cccnc3)CC2)C(C)C)cc1. The molecular weight excluding hydrogens is 398 g/mol. The second-order valence-corrected chi connectivity index (χ2v) is 10.1. The molecule has 0 spiro atoms. The van der Waals surface area contributed by atoms with Gasteiger partial charge in [-0.15, -0.1) is 0 Å². The fraction of sp³-hybridized carbons (Fsp3) is 0.478. The van der Waals surface area contributed by atoms with Crippen molar-refractivity contribution >= 4 is 15.9 Å². The summed E-state index contributed by atoms with van der Waals surface area (Å²) < 4.78 is 27.0. The highest BCUT2D eigenvalue weighted by molar-refractivity contribution is 7.89. The minimum atomic E-state index is -3.56. The summed E-state index contributed by atoms with van der Waals surface area (Å²) in [5, 5.41) is 3.21. The topological polar surface area (TPSA) is 79.4 Å². The van der Waals surface area contributed by atoms with E-state index in [9.17, 15) is 13.2 Å². The number of nitrogens with zero attached hydrogens (tertiary/aromatic N) is 2. The van der Waals surface area contributed by atoms with Gasteiger partial charge in [-0.2, -0.15) is 4.31 Å². The van der Waals surface area contributed by atoms with E-state index in [2.05, 4.69) is 55.3 Å². The molecule has 1 N–H and O–H groups in total. The number of hydrogen-bond donors (Lipinski definition) is 1. The molecule has 1 saturated heterocycles. The summed E-state index contributed by atoms with van der Waals surface area (Å²) in [7, 11) is -3.56. The molecule has 6 nitrogen and oxygen atoms in total. The van der Waals surface area contributed by atoms with Crippen LogP contribution in [-0.2, 0) is 21.2 Å². The molecule has 30 heavy (non-hydrogen) atoms. The highest BCUT2D eigenvalue weighted by Crippen LogP contribution is 2.27. The Hall–Kier alpha value is -2.25. The minimum absolute atomic E-state index is 0.00620. The standard InChI is InChI=1S/C23H31N3O3S/c1-4-18-7-9-19(10-8-18)22(17(2)3)25-23(27)20-11-14-26(15-12-20)30(28,29)21-6-5-13-24-16-21/h5-10,13,16-17,20,22H,4,11-12,14-15H2,1-3H3,(H,25,27). The van der Waals surface area contributed by atoms with Crippen molar-refractivity contribution in [3.63, 3.8) is 0 Å². The maximum atomic E-state index is 12.9. The quantitative estimate of drug-likeness (QED) is 0.730. The average molecular weight is 430 g/mol. The van der Waals surface area contributed by atoms with Gasteiger partial charge in [-0.3, -0.25) is 9.78 Å². The third kappa shape index (κ3) is 5.08. The molecule has 3 rings (SSSR count). The average Bonchev–Trinajstić information content (AvgIpc) is 2.78. The van der Waals surface area contributed by atoms with E-state index in [1.165, 1.54) is 16.1 Å². The zero-order valence-electron chi connectivity index (χ0n) is 17.9. The van der Waals surface area contributed by atoms with Crippen LogP contribution in [0.2, 0.25) is 0 Å². The summed E-state index contributed by atoms with van der Waals surface area (Å²) in [6.45, 7) is 7.00. The summed E-state index contributed by atoms with van der Waals surface area (Å²) in [6, 6.07) is 11.5. The van der Waals surface area contributed by atoms with E-state index in [4.69, 9.17) is 0 Å². The smallest absolute Gasteiger partial charge is 0.244 e. The first-order valence-corrected chi connectivity index (χ1v) is 12.1. The summed E-state index contributed by atoms with van der Waals surface area (Å²) in [6.07, 6.45) is 4.94. The number of pyridine rings is 1. The molecule has 0 saturated carbocycles. The van der Waals surface area contributed by atoms with Crippen molar-refractivity contribution in [1.29, 1.82) is 0 Å². The summed E-state index contributed by atoms with van der Waals surface area (Å²) >= 11 is 0. The number of carbonyl (C=O) groups is 1.